The van der Waals surface area contributed by atoms with Crippen molar-refractivity contribution < 1.29 is 9.94 Å². The van der Waals surface area contributed by atoms with E-state index in [1.165, 1.54) is 0 Å². The summed E-state index contributed by atoms with van der Waals surface area (Å²) in [6.45, 7) is 2.68. The van der Waals surface area contributed by atoms with Gasteiger partial charge in [0.2, 0.25) is 0 Å². The van der Waals surface area contributed by atoms with Crippen LogP contribution in [0.4, 0.5) is 0 Å². The van der Waals surface area contributed by atoms with Gasteiger partial charge in [-0.1, -0.05) is 35.5 Å². The summed E-state index contributed by atoms with van der Waals surface area (Å²) in [5.41, 5.74) is 6.95. The maximum absolute atomic E-state index is 9.01. The van der Waals surface area contributed by atoms with Gasteiger partial charge in [0, 0.05) is 20.2 Å². The molecule has 1 aliphatic rings. The molecule has 110 valence electrons. The second-order valence-electron chi connectivity index (χ2n) is 5.25. The fourth-order valence-electron chi connectivity index (χ4n) is 2.75. The number of methoxy groups -OCH3 is 1. The number of rotatable bonds is 5. The molecule has 5 heteroatoms. The first-order valence-electron chi connectivity index (χ1n) is 7.02. The second kappa shape index (κ2) is 7.26. The van der Waals surface area contributed by atoms with E-state index in [1.807, 2.05) is 30.3 Å². The lowest BCUT2D eigenvalue weighted by atomic mass is 9.96. The lowest BCUT2D eigenvalue weighted by molar-refractivity contribution is 0.0310. The normalized spacial score (nSPS) is 22.6. The first kappa shape index (κ1) is 14.8. The van der Waals surface area contributed by atoms with Crippen molar-refractivity contribution in [3.63, 3.8) is 0 Å². The molecule has 2 rings (SSSR count). The van der Waals surface area contributed by atoms with E-state index in [0.717, 1.165) is 38.0 Å². The van der Waals surface area contributed by atoms with Crippen LogP contribution in [0.1, 0.15) is 24.3 Å². The number of benzene rings is 1. The van der Waals surface area contributed by atoms with Gasteiger partial charge in [-0.2, -0.15) is 0 Å². The van der Waals surface area contributed by atoms with Crippen molar-refractivity contribution in [2.24, 2.45) is 10.9 Å². The number of ether oxygens (including phenoxy) is 1. The Balaban J connectivity index is 2.09. The average Bonchev–Trinajstić information content (AvgIpc) is 2.53. The highest BCUT2D eigenvalue weighted by molar-refractivity contribution is 5.87. The minimum absolute atomic E-state index is 0.0863. The van der Waals surface area contributed by atoms with E-state index >= 15 is 0 Å². The molecule has 1 heterocycles. The fraction of sp³-hybridized carbons (Fsp3) is 0.533. The highest BCUT2D eigenvalue weighted by Gasteiger charge is 2.25. The van der Waals surface area contributed by atoms with Crippen molar-refractivity contribution in [2.75, 3.05) is 26.7 Å². The van der Waals surface area contributed by atoms with Gasteiger partial charge >= 0.3 is 0 Å². The van der Waals surface area contributed by atoms with E-state index < -0.39 is 0 Å². The predicted molar refractivity (Wildman–Crippen MR) is 79.1 cm³/mol. The number of oxime groups is 1. The molecule has 3 N–H and O–H groups in total. The third kappa shape index (κ3) is 3.71. The van der Waals surface area contributed by atoms with Crippen LogP contribution in [-0.2, 0) is 4.74 Å². The number of piperidine rings is 1. The number of likely N-dealkylation sites (tertiary alicyclic amines) is 1. The maximum atomic E-state index is 9.01. The fourth-order valence-corrected chi connectivity index (χ4v) is 2.75. The quantitative estimate of drug-likeness (QED) is 0.371. The van der Waals surface area contributed by atoms with Gasteiger partial charge in [0.25, 0.3) is 0 Å². The van der Waals surface area contributed by atoms with Crippen molar-refractivity contribution in [3.8, 4) is 0 Å². The van der Waals surface area contributed by atoms with Gasteiger partial charge in [-0.25, -0.2) is 0 Å². The zero-order valence-electron chi connectivity index (χ0n) is 11.9. The van der Waals surface area contributed by atoms with E-state index in [1.54, 1.807) is 7.11 Å². The van der Waals surface area contributed by atoms with Crippen molar-refractivity contribution >= 4 is 5.84 Å². The summed E-state index contributed by atoms with van der Waals surface area (Å²) >= 11 is 0. The van der Waals surface area contributed by atoms with Gasteiger partial charge < -0.3 is 15.7 Å². The highest BCUT2D eigenvalue weighted by Crippen LogP contribution is 2.20. The molecule has 0 aliphatic carbocycles. The molecule has 0 radical (unpaired) electrons. The van der Waals surface area contributed by atoms with Crippen molar-refractivity contribution in [2.45, 2.75) is 24.9 Å². The van der Waals surface area contributed by atoms with Gasteiger partial charge in [-0.3, -0.25) is 4.90 Å². The Morgan fingerprint density at radius 3 is 2.90 bits per heavy atom. The molecular weight excluding hydrogens is 254 g/mol. The summed E-state index contributed by atoms with van der Waals surface area (Å²) < 4.78 is 5.44. The first-order valence-corrected chi connectivity index (χ1v) is 7.02. The standard InChI is InChI=1S/C15H23N3O2/c1-20-13-8-5-9-18(10-13)11-14(15(16)17-19)12-6-3-2-4-7-12/h2-4,6-7,13-14,19H,5,8-11H2,1H3,(H2,16,17). The Morgan fingerprint density at radius 2 is 2.25 bits per heavy atom. The van der Waals surface area contributed by atoms with Gasteiger partial charge in [0.1, 0.15) is 5.84 Å². The number of hydrogen-bond acceptors (Lipinski definition) is 4. The van der Waals surface area contributed by atoms with Crippen LogP contribution in [-0.4, -0.2) is 48.8 Å². The zero-order valence-corrected chi connectivity index (χ0v) is 11.9. The molecule has 0 amide bonds. The average molecular weight is 277 g/mol. The molecule has 1 fully saturated rings. The Bertz CT molecular complexity index is 436. The molecule has 1 aromatic rings. The summed E-state index contributed by atoms with van der Waals surface area (Å²) in [6.07, 6.45) is 2.51. The van der Waals surface area contributed by atoms with Crippen LogP contribution >= 0.6 is 0 Å². The third-order valence-electron chi connectivity index (χ3n) is 3.91. The number of hydrogen-bond donors (Lipinski definition) is 2. The van der Waals surface area contributed by atoms with Crippen LogP contribution in [0.3, 0.4) is 0 Å². The van der Waals surface area contributed by atoms with Crippen molar-refractivity contribution in [1.29, 1.82) is 0 Å². The molecule has 1 aromatic carbocycles. The van der Waals surface area contributed by atoms with Crippen LogP contribution in [0.5, 0.6) is 0 Å². The molecule has 20 heavy (non-hydrogen) atoms. The molecule has 0 bridgehead atoms. The summed E-state index contributed by atoms with van der Waals surface area (Å²) in [5.74, 6) is 0.174. The van der Waals surface area contributed by atoms with Crippen LogP contribution < -0.4 is 5.73 Å². The van der Waals surface area contributed by atoms with Crippen LogP contribution in [0.2, 0.25) is 0 Å². The topological polar surface area (TPSA) is 71.1 Å². The lowest BCUT2D eigenvalue weighted by Gasteiger charge is -2.34. The molecule has 2 atom stereocenters. The predicted octanol–water partition coefficient (Wildman–Crippen LogP) is 1.63. The maximum Gasteiger partial charge on any atom is 0.147 e. The molecule has 0 saturated carbocycles. The molecular formula is C15H23N3O2. The van der Waals surface area contributed by atoms with Crippen LogP contribution in [0.15, 0.2) is 35.5 Å². The van der Waals surface area contributed by atoms with Gasteiger partial charge in [-0.05, 0) is 24.9 Å². The molecule has 1 saturated heterocycles. The summed E-state index contributed by atoms with van der Waals surface area (Å²) in [7, 11) is 1.76. The summed E-state index contributed by atoms with van der Waals surface area (Å²) in [4.78, 5) is 2.33. The monoisotopic (exact) mass is 277 g/mol. The largest absolute Gasteiger partial charge is 0.409 e. The van der Waals surface area contributed by atoms with E-state index in [0.29, 0.717) is 0 Å². The molecule has 5 nitrogen and oxygen atoms in total. The van der Waals surface area contributed by atoms with E-state index in [2.05, 4.69) is 10.1 Å². The van der Waals surface area contributed by atoms with Gasteiger partial charge in [0.15, 0.2) is 0 Å². The Morgan fingerprint density at radius 1 is 1.50 bits per heavy atom. The number of amidine groups is 1. The first-order chi connectivity index (χ1) is 9.74. The number of nitrogens with zero attached hydrogens (tertiary/aromatic N) is 2. The van der Waals surface area contributed by atoms with E-state index in [9.17, 15) is 0 Å². The minimum Gasteiger partial charge on any atom is -0.409 e. The Hall–Kier alpha value is -1.59. The number of nitrogens with two attached hydrogens (primary N) is 1. The van der Waals surface area contributed by atoms with Crippen molar-refractivity contribution in [3.05, 3.63) is 35.9 Å². The summed E-state index contributed by atoms with van der Waals surface area (Å²) in [5, 5.41) is 12.2. The van der Waals surface area contributed by atoms with Crippen molar-refractivity contribution in [1.82, 2.24) is 4.90 Å². The third-order valence-corrected chi connectivity index (χ3v) is 3.91. The van der Waals surface area contributed by atoms with Crippen LogP contribution in [0.25, 0.3) is 0 Å². The smallest absolute Gasteiger partial charge is 0.147 e. The zero-order chi connectivity index (χ0) is 14.4. The Labute approximate surface area is 120 Å². The molecule has 0 aromatic heterocycles. The van der Waals surface area contributed by atoms with E-state index in [-0.39, 0.29) is 17.9 Å². The van der Waals surface area contributed by atoms with Gasteiger partial charge in [0.05, 0.1) is 12.0 Å². The van der Waals surface area contributed by atoms with E-state index in [4.69, 9.17) is 15.7 Å². The summed E-state index contributed by atoms with van der Waals surface area (Å²) in [6, 6.07) is 9.94. The minimum atomic E-state index is -0.0863. The highest BCUT2D eigenvalue weighted by atomic mass is 16.5. The second-order valence-corrected chi connectivity index (χ2v) is 5.25. The lowest BCUT2D eigenvalue weighted by Crippen LogP contribution is -2.43. The Kier molecular flexibility index (Phi) is 5.38. The molecule has 2 unspecified atom stereocenters. The molecule has 0 spiro atoms. The van der Waals surface area contributed by atoms with Gasteiger partial charge in [-0.15, -0.1) is 0 Å². The molecule has 1 aliphatic heterocycles. The van der Waals surface area contributed by atoms with Crippen LogP contribution in [0, 0.1) is 0 Å². The SMILES string of the molecule is COC1CCCN(CC(/C(N)=N/O)c2ccccc2)C1.